The zero-order valence-corrected chi connectivity index (χ0v) is 11.5. The third-order valence-corrected chi connectivity index (χ3v) is 2.88. The van der Waals surface area contributed by atoms with Crippen molar-refractivity contribution in [3.8, 4) is 0 Å². The molecule has 0 radical (unpaired) electrons. The van der Waals surface area contributed by atoms with Crippen LogP contribution >= 0.6 is 0 Å². The van der Waals surface area contributed by atoms with Gasteiger partial charge in [0.1, 0.15) is 5.82 Å². The van der Waals surface area contributed by atoms with E-state index in [-0.39, 0.29) is 12.1 Å². The van der Waals surface area contributed by atoms with Crippen LogP contribution in [0.2, 0.25) is 0 Å². The van der Waals surface area contributed by atoms with Gasteiger partial charge in [-0.15, -0.1) is 0 Å². The molecular weight excluding hydrogens is 274 g/mol. The highest BCUT2D eigenvalue weighted by Gasteiger charge is 2.35. The van der Waals surface area contributed by atoms with Crippen molar-refractivity contribution >= 4 is 0 Å². The summed E-state index contributed by atoms with van der Waals surface area (Å²) in [6, 6.07) is 2.00. The summed E-state index contributed by atoms with van der Waals surface area (Å²) in [5.41, 5.74) is 4.53. The Morgan fingerprint density at radius 3 is 2.45 bits per heavy atom. The predicted octanol–water partition coefficient (Wildman–Crippen LogP) is 2.00. The van der Waals surface area contributed by atoms with Crippen molar-refractivity contribution in [3.63, 3.8) is 0 Å². The van der Waals surface area contributed by atoms with Crippen LogP contribution in [0.5, 0.6) is 0 Å². The van der Waals surface area contributed by atoms with Crippen LogP contribution in [0.15, 0.2) is 18.2 Å². The van der Waals surface area contributed by atoms with Crippen molar-refractivity contribution in [2.45, 2.75) is 12.2 Å². The molecule has 114 valence electrons. The van der Waals surface area contributed by atoms with Crippen LogP contribution in [-0.4, -0.2) is 38.6 Å². The van der Waals surface area contributed by atoms with Crippen molar-refractivity contribution < 1.29 is 17.6 Å². The average molecular weight is 293 g/mol. The number of nitrogens with one attached hydrogen (secondary N) is 1. The molecule has 1 aromatic rings. The van der Waals surface area contributed by atoms with Gasteiger partial charge in [0.15, 0.2) is 0 Å². The number of nitrogens with two attached hydrogens (primary N) is 1. The smallest absolute Gasteiger partial charge is 0.329 e. The molecule has 0 bridgehead atoms. The maximum absolute atomic E-state index is 13.0. The predicted molar refractivity (Wildman–Crippen MR) is 69.8 cm³/mol. The van der Waals surface area contributed by atoms with Gasteiger partial charge in [-0.25, -0.2) is 4.39 Å². The molecule has 3 N–H and O–H groups in total. The number of benzene rings is 1. The SMILES string of the molecule is CN(C)CCNC(CN)c1ccc(F)cc1C(F)(F)F. The molecule has 20 heavy (non-hydrogen) atoms. The zero-order chi connectivity index (χ0) is 15.3. The number of hydrogen-bond donors (Lipinski definition) is 2. The van der Waals surface area contributed by atoms with Gasteiger partial charge in [0, 0.05) is 25.7 Å². The highest BCUT2D eigenvalue weighted by atomic mass is 19.4. The van der Waals surface area contributed by atoms with Gasteiger partial charge in [-0.2, -0.15) is 13.2 Å². The van der Waals surface area contributed by atoms with Gasteiger partial charge >= 0.3 is 6.18 Å². The minimum atomic E-state index is -4.60. The van der Waals surface area contributed by atoms with Crippen LogP contribution in [0.3, 0.4) is 0 Å². The van der Waals surface area contributed by atoms with E-state index in [0.29, 0.717) is 19.2 Å². The van der Waals surface area contributed by atoms with Crippen molar-refractivity contribution in [3.05, 3.63) is 35.1 Å². The lowest BCUT2D eigenvalue weighted by Crippen LogP contribution is -2.34. The fourth-order valence-corrected chi connectivity index (χ4v) is 1.86. The van der Waals surface area contributed by atoms with E-state index < -0.39 is 23.6 Å². The summed E-state index contributed by atoms with van der Waals surface area (Å²) in [6.45, 7) is 1.16. The monoisotopic (exact) mass is 293 g/mol. The summed E-state index contributed by atoms with van der Waals surface area (Å²) in [6.07, 6.45) is -4.60. The number of hydrogen-bond acceptors (Lipinski definition) is 3. The second kappa shape index (κ2) is 7.01. The van der Waals surface area contributed by atoms with E-state index in [1.54, 1.807) is 0 Å². The molecule has 7 heteroatoms. The molecule has 0 aliphatic heterocycles. The van der Waals surface area contributed by atoms with E-state index in [0.717, 1.165) is 12.1 Å². The highest BCUT2D eigenvalue weighted by Crippen LogP contribution is 2.34. The third-order valence-electron chi connectivity index (χ3n) is 2.88. The Bertz CT molecular complexity index is 432. The lowest BCUT2D eigenvalue weighted by Gasteiger charge is -2.22. The molecule has 0 fully saturated rings. The molecule has 0 aromatic heterocycles. The molecule has 0 aliphatic carbocycles. The largest absolute Gasteiger partial charge is 0.416 e. The Morgan fingerprint density at radius 1 is 1.30 bits per heavy atom. The summed E-state index contributed by atoms with van der Waals surface area (Å²) in [5.74, 6) is -0.912. The molecule has 0 saturated heterocycles. The Kier molecular flexibility index (Phi) is 5.91. The Hall–Kier alpha value is -1.18. The van der Waals surface area contributed by atoms with E-state index >= 15 is 0 Å². The van der Waals surface area contributed by atoms with Crippen LogP contribution in [0.25, 0.3) is 0 Å². The van der Waals surface area contributed by atoms with E-state index in [9.17, 15) is 17.6 Å². The minimum Gasteiger partial charge on any atom is -0.329 e. The maximum Gasteiger partial charge on any atom is 0.416 e. The number of halogens is 4. The maximum atomic E-state index is 13.0. The fourth-order valence-electron chi connectivity index (χ4n) is 1.86. The first kappa shape index (κ1) is 16.9. The van der Waals surface area contributed by atoms with E-state index in [1.165, 1.54) is 0 Å². The number of nitrogens with zero attached hydrogens (tertiary/aromatic N) is 1. The lowest BCUT2D eigenvalue weighted by molar-refractivity contribution is -0.138. The number of alkyl halides is 3. The fraction of sp³-hybridized carbons (Fsp3) is 0.538. The van der Waals surface area contributed by atoms with Gasteiger partial charge in [-0.1, -0.05) is 6.07 Å². The normalized spacial score (nSPS) is 13.8. The topological polar surface area (TPSA) is 41.3 Å². The first-order valence-electron chi connectivity index (χ1n) is 6.20. The number of rotatable bonds is 6. The Balaban J connectivity index is 2.97. The standard InChI is InChI=1S/C13H19F4N3/c1-20(2)6-5-19-12(8-18)10-4-3-9(14)7-11(10)13(15,16)17/h3-4,7,12,19H,5-6,8,18H2,1-2H3. The van der Waals surface area contributed by atoms with Crippen molar-refractivity contribution in [1.29, 1.82) is 0 Å². The first-order valence-corrected chi connectivity index (χ1v) is 6.20. The molecule has 1 aromatic carbocycles. The molecule has 0 heterocycles. The van der Waals surface area contributed by atoms with Gasteiger partial charge in [-0.3, -0.25) is 0 Å². The van der Waals surface area contributed by atoms with Crippen LogP contribution in [-0.2, 0) is 6.18 Å². The summed E-state index contributed by atoms with van der Waals surface area (Å²) >= 11 is 0. The molecular formula is C13H19F4N3. The average Bonchev–Trinajstić information content (AvgIpc) is 2.34. The molecule has 1 unspecified atom stereocenters. The highest BCUT2D eigenvalue weighted by molar-refractivity contribution is 5.33. The molecule has 1 rings (SSSR count). The lowest BCUT2D eigenvalue weighted by atomic mass is 9.99. The van der Waals surface area contributed by atoms with Crippen molar-refractivity contribution in [2.24, 2.45) is 5.73 Å². The Labute approximate surface area is 115 Å². The number of likely N-dealkylation sites (N-methyl/N-ethyl adjacent to an activating group) is 1. The van der Waals surface area contributed by atoms with E-state index in [4.69, 9.17) is 5.73 Å². The minimum absolute atomic E-state index is 0.00212. The summed E-state index contributed by atoms with van der Waals surface area (Å²) in [7, 11) is 3.72. The molecule has 0 amide bonds. The molecule has 3 nitrogen and oxygen atoms in total. The van der Waals surface area contributed by atoms with Gasteiger partial charge in [0.25, 0.3) is 0 Å². The summed E-state index contributed by atoms with van der Waals surface area (Å²) < 4.78 is 51.8. The van der Waals surface area contributed by atoms with Gasteiger partial charge in [0.05, 0.1) is 5.56 Å². The molecule has 1 atom stereocenters. The molecule has 0 aliphatic rings. The summed E-state index contributed by atoms with van der Waals surface area (Å²) in [4.78, 5) is 1.90. The van der Waals surface area contributed by atoms with Crippen LogP contribution < -0.4 is 11.1 Å². The summed E-state index contributed by atoms with van der Waals surface area (Å²) in [5, 5.41) is 2.96. The van der Waals surface area contributed by atoms with Gasteiger partial charge < -0.3 is 16.0 Å². The third kappa shape index (κ3) is 4.73. The first-order chi connectivity index (χ1) is 9.25. The van der Waals surface area contributed by atoms with Crippen LogP contribution in [0, 0.1) is 5.82 Å². The Morgan fingerprint density at radius 2 is 1.95 bits per heavy atom. The molecule has 0 spiro atoms. The zero-order valence-electron chi connectivity index (χ0n) is 11.5. The van der Waals surface area contributed by atoms with Crippen molar-refractivity contribution in [1.82, 2.24) is 10.2 Å². The van der Waals surface area contributed by atoms with Crippen molar-refractivity contribution in [2.75, 3.05) is 33.7 Å². The van der Waals surface area contributed by atoms with Gasteiger partial charge in [-0.05, 0) is 31.8 Å². The van der Waals surface area contributed by atoms with Crippen LogP contribution in [0.4, 0.5) is 17.6 Å². The van der Waals surface area contributed by atoms with Gasteiger partial charge in [0.2, 0.25) is 0 Å². The van der Waals surface area contributed by atoms with E-state index in [1.807, 2.05) is 19.0 Å². The quantitative estimate of drug-likeness (QED) is 0.788. The molecule has 0 saturated carbocycles. The second-order valence-corrected chi connectivity index (χ2v) is 4.78. The van der Waals surface area contributed by atoms with E-state index in [2.05, 4.69) is 5.32 Å². The van der Waals surface area contributed by atoms with Crippen LogP contribution in [0.1, 0.15) is 17.2 Å². The second-order valence-electron chi connectivity index (χ2n) is 4.78.